The second-order valence-electron chi connectivity index (χ2n) is 3.83. The molecule has 0 amide bonds. The minimum Gasteiger partial charge on any atom is -0.236 e. The van der Waals surface area contributed by atoms with E-state index >= 15 is 0 Å². The summed E-state index contributed by atoms with van der Waals surface area (Å²) in [7, 11) is 0. The lowest BCUT2D eigenvalue weighted by Crippen LogP contribution is -2.01. The third-order valence-electron chi connectivity index (χ3n) is 2.59. The average molecular weight is 300 g/mol. The van der Waals surface area contributed by atoms with Crippen molar-refractivity contribution in [2.45, 2.75) is 20.8 Å². The molecular formula is C12H12BrClN2. The van der Waals surface area contributed by atoms with E-state index in [1.165, 1.54) is 0 Å². The highest BCUT2D eigenvalue weighted by atomic mass is 79.9. The van der Waals surface area contributed by atoms with E-state index in [9.17, 15) is 0 Å². The maximum atomic E-state index is 6.14. The summed E-state index contributed by atoms with van der Waals surface area (Å²) in [6, 6.07) is 6.11. The molecule has 0 saturated heterocycles. The molecule has 0 aliphatic carbocycles. The number of rotatable bonds is 1. The van der Waals surface area contributed by atoms with Crippen LogP contribution in [0.15, 0.2) is 22.7 Å². The van der Waals surface area contributed by atoms with E-state index in [0.29, 0.717) is 0 Å². The first-order chi connectivity index (χ1) is 7.50. The second-order valence-corrected chi connectivity index (χ2v) is 5.12. The summed E-state index contributed by atoms with van der Waals surface area (Å²) in [5.41, 5.74) is 4.07. The monoisotopic (exact) mass is 298 g/mol. The highest BCUT2D eigenvalue weighted by Gasteiger charge is 2.11. The minimum absolute atomic E-state index is 0.738. The van der Waals surface area contributed by atoms with Gasteiger partial charge in [-0.3, -0.25) is 0 Å². The van der Waals surface area contributed by atoms with E-state index in [4.69, 9.17) is 11.6 Å². The van der Waals surface area contributed by atoms with Gasteiger partial charge in [-0.25, -0.2) is 4.68 Å². The summed E-state index contributed by atoms with van der Waals surface area (Å²) in [5.74, 6) is 0. The van der Waals surface area contributed by atoms with Crippen LogP contribution in [0.25, 0.3) is 5.69 Å². The normalized spacial score (nSPS) is 10.8. The van der Waals surface area contributed by atoms with Gasteiger partial charge in [0.25, 0.3) is 0 Å². The Morgan fingerprint density at radius 3 is 2.44 bits per heavy atom. The number of nitrogens with zero attached hydrogens (tertiary/aromatic N) is 2. The summed E-state index contributed by atoms with van der Waals surface area (Å²) >= 11 is 9.59. The van der Waals surface area contributed by atoms with Crippen molar-refractivity contribution in [3.8, 4) is 5.69 Å². The van der Waals surface area contributed by atoms with Crippen molar-refractivity contribution >= 4 is 27.5 Å². The summed E-state index contributed by atoms with van der Waals surface area (Å²) in [4.78, 5) is 0. The molecule has 16 heavy (non-hydrogen) atoms. The Labute approximate surface area is 108 Å². The lowest BCUT2D eigenvalue weighted by Gasteiger charge is -2.08. The predicted octanol–water partition coefficient (Wildman–Crippen LogP) is 4.21. The van der Waals surface area contributed by atoms with Gasteiger partial charge in [0.05, 0.1) is 22.1 Å². The molecule has 1 aromatic heterocycles. The molecule has 2 nitrogen and oxygen atoms in total. The molecule has 0 saturated carbocycles. The number of hydrogen-bond acceptors (Lipinski definition) is 1. The molecule has 2 aromatic rings. The van der Waals surface area contributed by atoms with Crippen LogP contribution in [-0.2, 0) is 0 Å². The van der Waals surface area contributed by atoms with E-state index in [1.54, 1.807) is 0 Å². The fourth-order valence-corrected chi connectivity index (χ4v) is 2.31. The van der Waals surface area contributed by atoms with Crippen molar-refractivity contribution in [3.05, 3.63) is 44.6 Å². The standard InChI is InChI=1S/C12H12BrClN2/c1-7-6-10(13)4-5-11(7)16-9(3)12(14)8(2)15-16/h4-6H,1-3H3. The van der Waals surface area contributed by atoms with Crippen molar-refractivity contribution in [3.63, 3.8) is 0 Å². The van der Waals surface area contributed by atoms with Crippen LogP contribution in [0.5, 0.6) is 0 Å². The average Bonchev–Trinajstić information content (AvgIpc) is 2.46. The van der Waals surface area contributed by atoms with E-state index in [-0.39, 0.29) is 0 Å². The molecule has 4 heteroatoms. The fourth-order valence-electron chi connectivity index (χ4n) is 1.71. The number of benzene rings is 1. The van der Waals surface area contributed by atoms with Crippen LogP contribution in [0.4, 0.5) is 0 Å². The molecule has 0 unspecified atom stereocenters. The molecule has 0 aliphatic heterocycles. The molecule has 1 aromatic carbocycles. The SMILES string of the molecule is Cc1cc(Br)ccc1-n1nc(C)c(Cl)c1C. The largest absolute Gasteiger partial charge is 0.236 e. The van der Waals surface area contributed by atoms with Gasteiger partial charge < -0.3 is 0 Å². The van der Waals surface area contributed by atoms with E-state index in [1.807, 2.05) is 30.7 Å². The molecule has 2 rings (SSSR count). The Balaban J connectivity index is 2.63. The molecule has 84 valence electrons. The molecule has 0 fully saturated rings. The highest BCUT2D eigenvalue weighted by Crippen LogP contribution is 2.25. The molecular weight excluding hydrogens is 288 g/mol. The number of aromatic nitrogens is 2. The quantitative estimate of drug-likeness (QED) is 0.771. The van der Waals surface area contributed by atoms with Gasteiger partial charge in [-0.15, -0.1) is 0 Å². The van der Waals surface area contributed by atoms with Crippen molar-refractivity contribution in [2.24, 2.45) is 0 Å². The lowest BCUT2D eigenvalue weighted by molar-refractivity contribution is 0.827. The van der Waals surface area contributed by atoms with Crippen LogP contribution >= 0.6 is 27.5 Å². The van der Waals surface area contributed by atoms with Gasteiger partial charge in [0, 0.05) is 4.47 Å². The van der Waals surface area contributed by atoms with Crippen molar-refractivity contribution < 1.29 is 0 Å². The topological polar surface area (TPSA) is 17.8 Å². The zero-order valence-corrected chi connectivity index (χ0v) is 11.7. The van der Waals surface area contributed by atoms with Crippen molar-refractivity contribution in [2.75, 3.05) is 0 Å². The maximum Gasteiger partial charge on any atom is 0.0848 e. The molecule has 0 bridgehead atoms. The Morgan fingerprint density at radius 1 is 1.25 bits per heavy atom. The van der Waals surface area contributed by atoms with Crippen molar-refractivity contribution in [1.82, 2.24) is 9.78 Å². The number of hydrogen-bond donors (Lipinski definition) is 0. The van der Waals surface area contributed by atoms with E-state index < -0.39 is 0 Å². The zero-order valence-electron chi connectivity index (χ0n) is 9.38. The number of halogens is 2. The van der Waals surface area contributed by atoms with Gasteiger partial charge in [-0.05, 0) is 44.5 Å². The van der Waals surface area contributed by atoms with Gasteiger partial charge in [-0.2, -0.15) is 5.10 Å². The first kappa shape index (κ1) is 11.7. The molecule has 0 spiro atoms. The summed E-state index contributed by atoms with van der Waals surface area (Å²) in [6.07, 6.45) is 0. The van der Waals surface area contributed by atoms with Gasteiger partial charge in [-0.1, -0.05) is 27.5 Å². The van der Waals surface area contributed by atoms with Crippen LogP contribution in [0.2, 0.25) is 5.02 Å². The molecule has 0 aliphatic rings. The summed E-state index contributed by atoms with van der Waals surface area (Å²) in [6.45, 7) is 5.95. The number of aryl methyl sites for hydroxylation is 2. The van der Waals surface area contributed by atoms with Gasteiger partial charge >= 0.3 is 0 Å². The van der Waals surface area contributed by atoms with E-state index in [2.05, 4.69) is 34.0 Å². The zero-order chi connectivity index (χ0) is 11.9. The van der Waals surface area contributed by atoms with Gasteiger partial charge in [0.15, 0.2) is 0 Å². The lowest BCUT2D eigenvalue weighted by atomic mass is 10.2. The van der Waals surface area contributed by atoms with Gasteiger partial charge in [0.2, 0.25) is 0 Å². The highest BCUT2D eigenvalue weighted by molar-refractivity contribution is 9.10. The molecule has 0 radical (unpaired) electrons. The summed E-state index contributed by atoms with van der Waals surface area (Å²) < 4.78 is 2.96. The van der Waals surface area contributed by atoms with Crippen LogP contribution in [-0.4, -0.2) is 9.78 Å². The molecule has 0 atom stereocenters. The molecule has 1 heterocycles. The third kappa shape index (κ3) is 1.89. The van der Waals surface area contributed by atoms with Crippen molar-refractivity contribution in [1.29, 1.82) is 0 Å². The minimum atomic E-state index is 0.738. The van der Waals surface area contributed by atoms with Crippen LogP contribution in [0.3, 0.4) is 0 Å². The maximum absolute atomic E-state index is 6.14. The Kier molecular flexibility index (Phi) is 3.08. The van der Waals surface area contributed by atoms with Gasteiger partial charge in [0.1, 0.15) is 0 Å². The van der Waals surface area contributed by atoms with Crippen LogP contribution in [0, 0.1) is 20.8 Å². The third-order valence-corrected chi connectivity index (χ3v) is 3.63. The summed E-state index contributed by atoms with van der Waals surface area (Å²) in [5, 5.41) is 5.18. The predicted molar refractivity (Wildman–Crippen MR) is 70.5 cm³/mol. The Bertz CT molecular complexity index is 546. The first-order valence-corrected chi connectivity index (χ1v) is 6.16. The van der Waals surface area contributed by atoms with Crippen LogP contribution in [0.1, 0.15) is 17.0 Å². The fraction of sp³-hybridized carbons (Fsp3) is 0.250. The Morgan fingerprint density at radius 2 is 1.94 bits per heavy atom. The smallest absolute Gasteiger partial charge is 0.0848 e. The molecule has 0 N–H and O–H groups in total. The Hall–Kier alpha value is -0.800. The first-order valence-electron chi connectivity index (χ1n) is 4.99. The van der Waals surface area contributed by atoms with Crippen LogP contribution < -0.4 is 0 Å². The van der Waals surface area contributed by atoms with E-state index in [0.717, 1.165) is 32.1 Å². The second kappa shape index (κ2) is 4.22.